The summed E-state index contributed by atoms with van der Waals surface area (Å²) < 4.78 is 1.92. The van der Waals surface area contributed by atoms with E-state index in [0.29, 0.717) is 22.4 Å². The van der Waals surface area contributed by atoms with Gasteiger partial charge in [0.2, 0.25) is 0 Å². The zero-order chi connectivity index (χ0) is 20.2. The summed E-state index contributed by atoms with van der Waals surface area (Å²) in [6.07, 6.45) is 3.90. The topological polar surface area (TPSA) is 84.2 Å². The molecule has 2 aromatic carbocycles. The van der Waals surface area contributed by atoms with Crippen LogP contribution in [0.3, 0.4) is 0 Å². The van der Waals surface area contributed by atoms with Crippen LogP contribution in [0.2, 0.25) is 0 Å². The lowest BCUT2D eigenvalue weighted by atomic mass is 10.2. The Morgan fingerprint density at radius 2 is 1.69 bits per heavy atom. The SMILES string of the molecule is O=C(O)C=Cc1cc2c(cn1)c(=O)cc(Nc1ccccc1)n2-c1ccccc1. The second-order valence-electron chi connectivity index (χ2n) is 6.35. The second-order valence-corrected chi connectivity index (χ2v) is 6.35. The third kappa shape index (κ3) is 3.91. The minimum absolute atomic E-state index is 0.174. The van der Waals surface area contributed by atoms with Crippen LogP contribution in [0.4, 0.5) is 11.5 Å². The Kier molecular flexibility index (Phi) is 4.90. The van der Waals surface area contributed by atoms with E-state index in [1.807, 2.05) is 65.2 Å². The molecule has 0 aliphatic heterocycles. The van der Waals surface area contributed by atoms with Crippen molar-refractivity contribution in [2.45, 2.75) is 0 Å². The monoisotopic (exact) mass is 383 g/mol. The highest BCUT2D eigenvalue weighted by atomic mass is 16.4. The lowest BCUT2D eigenvalue weighted by Crippen LogP contribution is -2.13. The molecule has 29 heavy (non-hydrogen) atoms. The fourth-order valence-electron chi connectivity index (χ4n) is 3.10. The van der Waals surface area contributed by atoms with Gasteiger partial charge in [0.1, 0.15) is 5.82 Å². The first-order valence-corrected chi connectivity index (χ1v) is 8.96. The number of aromatic nitrogens is 2. The molecular weight excluding hydrogens is 366 g/mol. The van der Waals surface area contributed by atoms with Crippen LogP contribution in [0.15, 0.2) is 89.9 Å². The van der Waals surface area contributed by atoms with E-state index in [-0.39, 0.29) is 5.43 Å². The third-order valence-corrected chi connectivity index (χ3v) is 4.38. The molecule has 0 amide bonds. The number of rotatable bonds is 5. The van der Waals surface area contributed by atoms with Crippen LogP contribution in [0.25, 0.3) is 22.7 Å². The van der Waals surface area contributed by atoms with E-state index in [4.69, 9.17) is 5.11 Å². The summed E-state index contributed by atoms with van der Waals surface area (Å²) in [5, 5.41) is 12.6. The van der Waals surface area contributed by atoms with Crippen LogP contribution >= 0.6 is 0 Å². The normalized spacial score (nSPS) is 11.0. The summed E-state index contributed by atoms with van der Waals surface area (Å²) in [4.78, 5) is 27.8. The van der Waals surface area contributed by atoms with Gasteiger partial charge in [0.15, 0.2) is 5.43 Å². The number of benzene rings is 2. The highest BCUT2D eigenvalue weighted by molar-refractivity contribution is 5.88. The van der Waals surface area contributed by atoms with Gasteiger partial charge in [-0.3, -0.25) is 14.3 Å². The molecule has 0 radical (unpaired) electrons. The first-order valence-electron chi connectivity index (χ1n) is 8.96. The average molecular weight is 383 g/mol. The Morgan fingerprint density at radius 1 is 1.00 bits per heavy atom. The Hall–Kier alpha value is -4.19. The number of hydrogen-bond donors (Lipinski definition) is 2. The maximum Gasteiger partial charge on any atom is 0.328 e. The van der Waals surface area contributed by atoms with Gasteiger partial charge in [-0.05, 0) is 36.4 Å². The van der Waals surface area contributed by atoms with Crippen molar-refractivity contribution in [1.29, 1.82) is 0 Å². The number of carboxylic acids is 1. The van der Waals surface area contributed by atoms with E-state index >= 15 is 0 Å². The van der Waals surface area contributed by atoms with Crippen molar-refractivity contribution < 1.29 is 9.90 Å². The van der Waals surface area contributed by atoms with Crippen LogP contribution in [0, 0.1) is 0 Å². The predicted molar refractivity (Wildman–Crippen MR) is 114 cm³/mol. The predicted octanol–water partition coefficient (Wildman–Crippen LogP) is 4.23. The standard InChI is InChI=1S/C23H17N3O3/c27-21-14-22(25-16-7-3-1-4-8-16)26(18-9-5-2-6-10-18)20-13-17(11-12-23(28)29)24-15-19(20)21/h1-15,25H,(H,28,29). The van der Waals surface area contributed by atoms with E-state index in [2.05, 4.69) is 10.3 Å². The van der Waals surface area contributed by atoms with Crippen LogP contribution in [0.1, 0.15) is 5.69 Å². The molecule has 0 atom stereocenters. The molecule has 0 spiro atoms. The number of hydrogen-bond acceptors (Lipinski definition) is 4. The summed E-state index contributed by atoms with van der Waals surface area (Å²) in [6.45, 7) is 0. The van der Waals surface area contributed by atoms with Gasteiger partial charge in [-0.25, -0.2) is 4.79 Å². The van der Waals surface area contributed by atoms with Crippen LogP contribution < -0.4 is 10.7 Å². The van der Waals surface area contributed by atoms with Gasteiger partial charge in [-0.15, -0.1) is 0 Å². The Morgan fingerprint density at radius 3 is 2.38 bits per heavy atom. The fraction of sp³-hybridized carbons (Fsp3) is 0. The maximum absolute atomic E-state index is 12.7. The number of nitrogens with zero attached hydrogens (tertiary/aromatic N) is 2. The number of aliphatic carboxylic acids is 1. The van der Waals surface area contributed by atoms with Crippen molar-refractivity contribution in [3.05, 3.63) is 101 Å². The van der Waals surface area contributed by atoms with Gasteiger partial charge in [0.25, 0.3) is 0 Å². The number of pyridine rings is 2. The fourth-order valence-corrected chi connectivity index (χ4v) is 3.10. The summed E-state index contributed by atoms with van der Waals surface area (Å²) >= 11 is 0. The molecule has 6 nitrogen and oxygen atoms in total. The number of fused-ring (bicyclic) bond motifs is 1. The quantitative estimate of drug-likeness (QED) is 0.504. The van der Waals surface area contributed by atoms with Gasteiger partial charge in [0, 0.05) is 29.7 Å². The Balaban J connectivity index is 1.98. The third-order valence-electron chi connectivity index (χ3n) is 4.38. The molecule has 0 aliphatic carbocycles. The minimum atomic E-state index is -1.06. The van der Waals surface area contributed by atoms with Gasteiger partial charge >= 0.3 is 5.97 Å². The van der Waals surface area contributed by atoms with E-state index in [1.54, 1.807) is 6.07 Å². The Bertz CT molecular complexity index is 1260. The zero-order valence-corrected chi connectivity index (χ0v) is 15.3. The molecule has 0 aliphatic rings. The summed E-state index contributed by atoms with van der Waals surface area (Å²) in [7, 11) is 0. The lowest BCUT2D eigenvalue weighted by molar-refractivity contribution is -0.131. The first-order chi connectivity index (χ1) is 14.1. The van der Waals surface area contributed by atoms with Crippen LogP contribution in [0.5, 0.6) is 0 Å². The van der Waals surface area contributed by atoms with Gasteiger partial charge in [-0.1, -0.05) is 36.4 Å². The molecule has 2 N–H and O–H groups in total. The smallest absolute Gasteiger partial charge is 0.328 e. The molecule has 2 aromatic heterocycles. The molecule has 0 saturated carbocycles. The van der Waals surface area contributed by atoms with Gasteiger partial charge < -0.3 is 10.4 Å². The molecular formula is C23H17N3O3. The number of carbonyl (C=O) groups is 1. The van der Waals surface area contributed by atoms with Crippen molar-refractivity contribution in [3.8, 4) is 5.69 Å². The summed E-state index contributed by atoms with van der Waals surface area (Å²) in [5.74, 6) is -0.467. The van der Waals surface area contributed by atoms with Crippen molar-refractivity contribution in [2.24, 2.45) is 0 Å². The van der Waals surface area contributed by atoms with Crippen molar-refractivity contribution >= 4 is 34.5 Å². The van der Waals surface area contributed by atoms with E-state index in [9.17, 15) is 9.59 Å². The molecule has 6 heteroatoms. The van der Waals surface area contributed by atoms with Crippen molar-refractivity contribution in [2.75, 3.05) is 5.32 Å². The molecule has 0 unspecified atom stereocenters. The zero-order valence-electron chi connectivity index (χ0n) is 15.3. The van der Waals surface area contributed by atoms with Crippen LogP contribution in [-0.4, -0.2) is 20.6 Å². The van der Waals surface area contributed by atoms with Crippen molar-refractivity contribution in [1.82, 2.24) is 9.55 Å². The van der Waals surface area contributed by atoms with Crippen LogP contribution in [-0.2, 0) is 4.79 Å². The average Bonchev–Trinajstić information content (AvgIpc) is 2.73. The largest absolute Gasteiger partial charge is 0.478 e. The number of nitrogens with one attached hydrogen (secondary N) is 1. The van der Waals surface area contributed by atoms with E-state index in [1.165, 1.54) is 18.3 Å². The molecule has 142 valence electrons. The van der Waals surface area contributed by atoms with E-state index < -0.39 is 5.97 Å². The molecule has 0 bridgehead atoms. The number of carboxylic acid groups (broad SMARTS) is 1. The molecule has 4 rings (SSSR count). The molecule has 0 fully saturated rings. The molecule has 2 heterocycles. The summed E-state index contributed by atoms with van der Waals surface area (Å²) in [6, 6.07) is 22.4. The highest BCUT2D eigenvalue weighted by Gasteiger charge is 2.12. The summed E-state index contributed by atoms with van der Waals surface area (Å²) in [5.41, 5.74) is 2.60. The molecule has 4 aromatic rings. The second kappa shape index (κ2) is 7.82. The number of anilines is 2. The van der Waals surface area contributed by atoms with Gasteiger partial charge in [-0.2, -0.15) is 0 Å². The minimum Gasteiger partial charge on any atom is -0.478 e. The first kappa shape index (κ1) is 18.2. The highest BCUT2D eigenvalue weighted by Crippen LogP contribution is 2.25. The van der Waals surface area contributed by atoms with Crippen molar-refractivity contribution in [3.63, 3.8) is 0 Å². The lowest BCUT2D eigenvalue weighted by Gasteiger charge is -2.18. The number of para-hydroxylation sites is 2. The Labute approximate surface area is 166 Å². The van der Waals surface area contributed by atoms with Gasteiger partial charge in [0.05, 0.1) is 16.6 Å². The molecule has 0 saturated heterocycles. The van der Waals surface area contributed by atoms with E-state index in [0.717, 1.165) is 17.5 Å². The maximum atomic E-state index is 12.7.